The molecule has 0 amide bonds. The van der Waals surface area contributed by atoms with Gasteiger partial charge in [0.25, 0.3) is 0 Å². The second kappa shape index (κ2) is 4.89. The van der Waals surface area contributed by atoms with Gasteiger partial charge in [0.2, 0.25) is 0 Å². The van der Waals surface area contributed by atoms with Gasteiger partial charge in [-0.3, -0.25) is 4.79 Å². The topological polar surface area (TPSA) is 17.1 Å². The van der Waals surface area contributed by atoms with Crippen molar-refractivity contribution in [1.29, 1.82) is 0 Å². The van der Waals surface area contributed by atoms with Gasteiger partial charge in [-0.05, 0) is 18.2 Å². The van der Waals surface area contributed by atoms with Crippen LogP contribution >= 0.6 is 35.8 Å². The van der Waals surface area contributed by atoms with Gasteiger partial charge in [0, 0.05) is 27.8 Å². The number of Topliss-reactive ketones (excluding diaryl/α,β-unsaturated/α-hetero) is 1. The second-order valence-corrected chi connectivity index (χ2v) is 3.89. The number of hydrogen-bond acceptors (Lipinski definition) is 2. The normalized spacial score (nSPS) is 10.1. The van der Waals surface area contributed by atoms with Gasteiger partial charge in [-0.25, -0.2) is 0 Å². The average Bonchev–Trinajstić information content (AvgIpc) is 2.03. The van der Waals surface area contributed by atoms with E-state index >= 15 is 0 Å². The molecule has 0 saturated carbocycles. The van der Waals surface area contributed by atoms with E-state index in [-0.39, 0.29) is 5.78 Å². The Kier molecular flexibility index (Phi) is 4.10. The summed E-state index contributed by atoms with van der Waals surface area (Å²) >= 11 is 15.3. The predicted octanol–water partition coefficient (Wildman–Crippen LogP) is 3.44. The van der Waals surface area contributed by atoms with E-state index in [1.54, 1.807) is 18.2 Å². The Hall–Kier alpha value is -0.180. The van der Waals surface area contributed by atoms with Crippen LogP contribution in [0.15, 0.2) is 23.1 Å². The number of ketones is 1. The number of carbonyl (C=O) groups is 1. The van der Waals surface area contributed by atoms with Crippen molar-refractivity contribution in [1.82, 2.24) is 0 Å². The molecule has 0 spiro atoms. The van der Waals surface area contributed by atoms with Crippen LogP contribution < -0.4 is 0 Å². The molecule has 0 unspecified atom stereocenters. The number of halogens is 2. The minimum Gasteiger partial charge on any atom is -0.294 e. The molecular weight excluding hydrogens is 227 g/mol. The zero-order valence-corrected chi connectivity index (χ0v) is 9.16. The zero-order chi connectivity index (χ0) is 9.84. The van der Waals surface area contributed by atoms with Gasteiger partial charge in [0.05, 0.1) is 0 Å². The zero-order valence-electron chi connectivity index (χ0n) is 6.76. The molecule has 1 nitrogen and oxygen atoms in total. The molecule has 0 aliphatic rings. The predicted molar refractivity (Wildman–Crippen MR) is 58.4 cm³/mol. The highest BCUT2D eigenvalue weighted by atomic mass is 35.5. The maximum Gasteiger partial charge on any atom is 0.164 e. The maximum atomic E-state index is 11.4. The van der Waals surface area contributed by atoms with Crippen LogP contribution in [0.5, 0.6) is 0 Å². The average molecular weight is 235 g/mol. The van der Waals surface area contributed by atoms with E-state index in [9.17, 15) is 4.79 Å². The third-order valence-corrected chi connectivity index (χ3v) is 2.19. The first kappa shape index (κ1) is 10.9. The van der Waals surface area contributed by atoms with Crippen LogP contribution in [0.1, 0.15) is 16.8 Å². The van der Waals surface area contributed by atoms with Crippen molar-refractivity contribution in [3.05, 3.63) is 28.8 Å². The summed E-state index contributed by atoms with van der Waals surface area (Å²) in [7, 11) is 0. The fourth-order valence-electron chi connectivity index (χ4n) is 0.965. The lowest BCUT2D eigenvalue weighted by Gasteiger charge is -2.00. The lowest BCUT2D eigenvalue weighted by molar-refractivity contribution is 0.0989. The Bertz CT molecular complexity index is 305. The van der Waals surface area contributed by atoms with Crippen molar-refractivity contribution in [2.75, 3.05) is 5.88 Å². The summed E-state index contributed by atoms with van der Waals surface area (Å²) in [6.07, 6.45) is 0.328. The number of alkyl halides is 1. The van der Waals surface area contributed by atoms with Crippen molar-refractivity contribution >= 4 is 41.6 Å². The standard InChI is InChI=1S/C9H8Cl2OS/c10-2-1-9(12)6-3-7(11)5-8(13)4-6/h3-5,13H,1-2H2. The van der Waals surface area contributed by atoms with Crippen LogP contribution in [0.4, 0.5) is 0 Å². The van der Waals surface area contributed by atoms with E-state index in [4.69, 9.17) is 23.2 Å². The van der Waals surface area contributed by atoms with E-state index in [2.05, 4.69) is 12.6 Å². The van der Waals surface area contributed by atoms with Gasteiger partial charge in [-0.1, -0.05) is 11.6 Å². The summed E-state index contributed by atoms with van der Waals surface area (Å²) in [6.45, 7) is 0. The van der Waals surface area contributed by atoms with Crippen molar-refractivity contribution in [2.24, 2.45) is 0 Å². The number of hydrogen-bond donors (Lipinski definition) is 1. The Labute approximate surface area is 92.4 Å². The molecular formula is C9H8Cl2OS. The molecule has 0 radical (unpaired) electrons. The molecule has 0 bridgehead atoms. The van der Waals surface area contributed by atoms with Gasteiger partial charge in [-0.2, -0.15) is 0 Å². The molecule has 0 aliphatic carbocycles. The largest absolute Gasteiger partial charge is 0.294 e. The highest BCUT2D eigenvalue weighted by Crippen LogP contribution is 2.18. The summed E-state index contributed by atoms with van der Waals surface area (Å²) in [5, 5.41) is 0.519. The number of thiol groups is 1. The summed E-state index contributed by atoms with van der Waals surface area (Å²) < 4.78 is 0. The highest BCUT2D eigenvalue weighted by molar-refractivity contribution is 7.80. The van der Waals surface area contributed by atoms with Crippen molar-refractivity contribution < 1.29 is 4.79 Å². The smallest absolute Gasteiger partial charge is 0.164 e. The number of benzene rings is 1. The Morgan fingerprint density at radius 1 is 1.38 bits per heavy atom. The van der Waals surface area contributed by atoms with Gasteiger partial charge < -0.3 is 0 Å². The molecule has 70 valence electrons. The molecule has 0 aromatic heterocycles. The van der Waals surface area contributed by atoms with Crippen LogP contribution in [0.2, 0.25) is 5.02 Å². The van der Waals surface area contributed by atoms with Crippen molar-refractivity contribution in [2.45, 2.75) is 11.3 Å². The van der Waals surface area contributed by atoms with Gasteiger partial charge in [0.15, 0.2) is 5.78 Å². The number of carbonyl (C=O) groups excluding carboxylic acids is 1. The van der Waals surface area contributed by atoms with Crippen LogP contribution in [0, 0.1) is 0 Å². The third kappa shape index (κ3) is 3.22. The fourth-order valence-corrected chi connectivity index (χ4v) is 1.73. The monoisotopic (exact) mass is 234 g/mol. The molecule has 1 aromatic carbocycles. The molecule has 0 atom stereocenters. The summed E-state index contributed by atoms with van der Waals surface area (Å²) in [4.78, 5) is 12.1. The first-order valence-corrected chi connectivity index (χ1v) is 5.08. The molecule has 13 heavy (non-hydrogen) atoms. The van der Waals surface area contributed by atoms with Crippen LogP contribution in [-0.4, -0.2) is 11.7 Å². The molecule has 0 heterocycles. The lowest BCUT2D eigenvalue weighted by Crippen LogP contribution is -1.99. The molecule has 0 fully saturated rings. The first-order valence-electron chi connectivity index (χ1n) is 3.72. The van der Waals surface area contributed by atoms with E-state index in [0.29, 0.717) is 27.8 Å². The fraction of sp³-hybridized carbons (Fsp3) is 0.222. The van der Waals surface area contributed by atoms with E-state index in [1.165, 1.54) is 0 Å². The molecule has 4 heteroatoms. The molecule has 1 rings (SSSR count). The Balaban J connectivity index is 2.94. The van der Waals surface area contributed by atoms with Crippen LogP contribution in [0.3, 0.4) is 0 Å². The van der Waals surface area contributed by atoms with E-state index in [0.717, 1.165) is 0 Å². The molecule has 0 saturated heterocycles. The van der Waals surface area contributed by atoms with Gasteiger partial charge in [-0.15, -0.1) is 24.2 Å². The maximum absolute atomic E-state index is 11.4. The minimum absolute atomic E-state index is 0.00667. The summed E-state index contributed by atoms with van der Waals surface area (Å²) in [5.41, 5.74) is 0.568. The molecule has 0 aliphatic heterocycles. The van der Waals surface area contributed by atoms with E-state index in [1.807, 2.05) is 0 Å². The highest BCUT2D eigenvalue weighted by Gasteiger charge is 2.06. The SMILES string of the molecule is O=C(CCCl)c1cc(S)cc(Cl)c1. The lowest BCUT2D eigenvalue weighted by atomic mass is 10.1. The Morgan fingerprint density at radius 3 is 2.62 bits per heavy atom. The summed E-state index contributed by atoms with van der Waals surface area (Å²) in [6, 6.07) is 4.99. The van der Waals surface area contributed by atoms with E-state index < -0.39 is 0 Å². The molecule has 1 aromatic rings. The minimum atomic E-state index is -0.00667. The second-order valence-electron chi connectivity index (χ2n) is 2.56. The first-order chi connectivity index (χ1) is 6.13. The molecule has 0 N–H and O–H groups in total. The van der Waals surface area contributed by atoms with Gasteiger partial charge in [0.1, 0.15) is 0 Å². The van der Waals surface area contributed by atoms with Crippen molar-refractivity contribution in [3.8, 4) is 0 Å². The quantitative estimate of drug-likeness (QED) is 0.482. The Morgan fingerprint density at radius 2 is 2.08 bits per heavy atom. The van der Waals surface area contributed by atoms with Gasteiger partial charge >= 0.3 is 0 Å². The summed E-state index contributed by atoms with van der Waals surface area (Å²) in [5.74, 6) is 0.320. The van der Waals surface area contributed by atoms with Crippen LogP contribution in [0.25, 0.3) is 0 Å². The number of rotatable bonds is 3. The van der Waals surface area contributed by atoms with Crippen LogP contribution in [-0.2, 0) is 0 Å². The third-order valence-electron chi connectivity index (χ3n) is 1.53. The van der Waals surface area contributed by atoms with Crippen molar-refractivity contribution in [3.63, 3.8) is 0 Å².